The Morgan fingerprint density at radius 1 is 1.16 bits per heavy atom. The van der Waals surface area contributed by atoms with E-state index < -0.39 is 18.0 Å². The fourth-order valence-corrected chi connectivity index (χ4v) is 2.24. The summed E-state index contributed by atoms with van der Waals surface area (Å²) in [5.74, 6) is -1.92. The zero-order chi connectivity index (χ0) is 14.4. The molecule has 0 bridgehead atoms. The van der Waals surface area contributed by atoms with Gasteiger partial charge in [0.1, 0.15) is 0 Å². The lowest BCUT2D eigenvalue weighted by atomic mass is 9.93. The lowest BCUT2D eigenvalue weighted by Gasteiger charge is -2.32. The summed E-state index contributed by atoms with van der Waals surface area (Å²) < 4.78 is 0. The average molecular weight is 272 g/mol. The Balaban J connectivity index is 2.35. The largest absolute Gasteiger partial charge is 0.481 e. The maximum Gasteiger partial charge on any atom is 0.303 e. The van der Waals surface area contributed by atoms with Gasteiger partial charge in [-0.2, -0.15) is 0 Å². The van der Waals surface area contributed by atoms with Crippen molar-refractivity contribution in [2.45, 2.75) is 38.1 Å². The molecule has 1 heterocycles. The van der Waals surface area contributed by atoms with Crippen molar-refractivity contribution in [2.75, 3.05) is 13.1 Å². The number of likely N-dealkylation sites (tertiary alicyclic amines) is 1. The van der Waals surface area contributed by atoms with Crippen LogP contribution in [0.3, 0.4) is 0 Å². The monoisotopic (exact) mass is 272 g/mol. The van der Waals surface area contributed by atoms with E-state index in [0.29, 0.717) is 25.9 Å². The molecule has 1 unspecified atom stereocenters. The maximum atomic E-state index is 11.9. The van der Waals surface area contributed by atoms with Gasteiger partial charge in [0.25, 0.3) is 0 Å². The molecule has 0 spiro atoms. The average Bonchev–Trinajstić information content (AvgIpc) is 2.35. The van der Waals surface area contributed by atoms with Crippen LogP contribution < -0.4 is 5.73 Å². The van der Waals surface area contributed by atoms with Crippen molar-refractivity contribution in [3.8, 4) is 0 Å². The lowest BCUT2D eigenvalue weighted by molar-refractivity contribution is -0.139. The molecular weight excluding hydrogens is 252 g/mol. The van der Waals surface area contributed by atoms with E-state index >= 15 is 0 Å². The highest BCUT2D eigenvalue weighted by Gasteiger charge is 2.27. The second-order valence-electron chi connectivity index (χ2n) is 4.91. The Kier molecular flexibility index (Phi) is 5.75. The van der Waals surface area contributed by atoms with Crippen LogP contribution in [0.4, 0.5) is 0 Å². The van der Waals surface area contributed by atoms with Gasteiger partial charge in [-0.15, -0.1) is 0 Å². The molecule has 108 valence electrons. The number of rotatable bonds is 6. The van der Waals surface area contributed by atoms with E-state index in [1.54, 1.807) is 4.90 Å². The standard InChI is InChI=1S/C12H20N2O5/c13-9(1-2-10(15)16)12(19)14-5-3-8(4-6-14)7-11(17)18/h8-9H,1-7,13H2,(H,15,16)(H,17,18). The summed E-state index contributed by atoms with van der Waals surface area (Å²) in [6, 6.07) is -0.785. The van der Waals surface area contributed by atoms with Gasteiger partial charge in [0, 0.05) is 25.9 Å². The second-order valence-corrected chi connectivity index (χ2v) is 4.91. The first-order chi connectivity index (χ1) is 8.90. The molecule has 19 heavy (non-hydrogen) atoms. The van der Waals surface area contributed by atoms with Crippen LogP contribution in [-0.2, 0) is 14.4 Å². The Bertz CT molecular complexity index is 350. The number of hydrogen-bond acceptors (Lipinski definition) is 4. The summed E-state index contributed by atoms with van der Waals surface area (Å²) in [6.07, 6.45) is 1.45. The smallest absolute Gasteiger partial charge is 0.303 e. The fourth-order valence-electron chi connectivity index (χ4n) is 2.24. The fraction of sp³-hybridized carbons (Fsp3) is 0.750. The summed E-state index contributed by atoms with van der Waals surface area (Å²) in [6.45, 7) is 0.995. The van der Waals surface area contributed by atoms with Crippen molar-refractivity contribution in [3.05, 3.63) is 0 Å². The molecule has 0 saturated carbocycles. The molecule has 0 aliphatic carbocycles. The van der Waals surface area contributed by atoms with Crippen molar-refractivity contribution in [2.24, 2.45) is 11.7 Å². The normalized spacial score (nSPS) is 18.1. The first-order valence-corrected chi connectivity index (χ1v) is 6.38. The molecule has 7 nitrogen and oxygen atoms in total. The summed E-state index contributed by atoms with van der Waals surface area (Å²) in [7, 11) is 0. The summed E-state index contributed by atoms with van der Waals surface area (Å²) in [5.41, 5.74) is 5.66. The molecular formula is C12H20N2O5. The number of carboxylic acids is 2. The van der Waals surface area contributed by atoms with Gasteiger partial charge < -0.3 is 20.8 Å². The Labute approximate surface area is 111 Å². The zero-order valence-electron chi connectivity index (χ0n) is 10.7. The lowest BCUT2D eigenvalue weighted by Crippen LogP contribution is -2.47. The first-order valence-electron chi connectivity index (χ1n) is 6.38. The third-order valence-corrected chi connectivity index (χ3v) is 3.38. The van der Waals surface area contributed by atoms with Crippen LogP contribution in [0.15, 0.2) is 0 Å². The predicted octanol–water partition coefficient (Wildman–Crippen LogP) is -0.108. The van der Waals surface area contributed by atoms with Crippen LogP contribution in [0.2, 0.25) is 0 Å². The number of nitrogens with two attached hydrogens (primary N) is 1. The summed E-state index contributed by atoms with van der Waals surface area (Å²) >= 11 is 0. The highest BCUT2D eigenvalue weighted by molar-refractivity contribution is 5.82. The number of hydrogen-bond donors (Lipinski definition) is 3. The number of carboxylic acid groups (broad SMARTS) is 2. The van der Waals surface area contributed by atoms with Crippen LogP contribution in [-0.4, -0.2) is 52.1 Å². The molecule has 0 radical (unpaired) electrons. The minimum absolute atomic E-state index is 0.108. The van der Waals surface area contributed by atoms with E-state index in [1.165, 1.54) is 0 Å². The van der Waals surface area contributed by atoms with E-state index in [2.05, 4.69) is 0 Å². The molecule has 1 amide bonds. The van der Waals surface area contributed by atoms with Gasteiger partial charge in [0.2, 0.25) is 5.91 Å². The van der Waals surface area contributed by atoms with Crippen LogP contribution in [0.1, 0.15) is 32.1 Å². The SMILES string of the molecule is NC(CCC(=O)O)C(=O)N1CCC(CC(=O)O)CC1. The third kappa shape index (κ3) is 5.25. The third-order valence-electron chi connectivity index (χ3n) is 3.38. The van der Waals surface area contributed by atoms with E-state index in [-0.39, 0.29) is 31.1 Å². The van der Waals surface area contributed by atoms with Gasteiger partial charge in [-0.3, -0.25) is 14.4 Å². The second kappa shape index (κ2) is 7.08. The Morgan fingerprint density at radius 3 is 2.21 bits per heavy atom. The van der Waals surface area contributed by atoms with Crippen molar-refractivity contribution in [1.29, 1.82) is 0 Å². The molecule has 1 aliphatic heterocycles. The topological polar surface area (TPSA) is 121 Å². The molecule has 1 aliphatic rings. The van der Waals surface area contributed by atoms with E-state index in [0.717, 1.165) is 0 Å². The van der Waals surface area contributed by atoms with Gasteiger partial charge >= 0.3 is 11.9 Å². The number of piperidine rings is 1. The first kappa shape index (κ1) is 15.4. The number of carbonyl (C=O) groups is 3. The van der Waals surface area contributed by atoms with Crippen molar-refractivity contribution >= 4 is 17.8 Å². The molecule has 1 atom stereocenters. The number of amides is 1. The Hall–Kier alpha value is -1.63. The maximum absolute atomic E-state index is 11.9. The molecule has 0 aromatic rings. The van der Waals surface area contributed by atoms with Crippen LogP contribution >= 0.6 is 0 Å². The Morgan fingerprint density at radius 2 is 1.74 bits per heavy atom. The quantitative estimate of drug-likeness (QED) is 0.620. The number of aliphatic carboxylic acids is 2. The molecule has 1 saturated heterocycles. The van der Waals surface area contributed by atoms with Crippen LogP contribution in [0, 0.1) is 5.92 Å². The van der Waals surface area contributed by atoms with Crippen LogP contribution in [0.5, 0.6) is 0 Å². The molecule has 1 fully saturated rings. The van der Waals surface area contributed by atoms with E-state index in [9.17, 15) is 14.4 Å². The minimum Gasteiger partial charge on any atom is -0.481 e. The predicted molar refractivity (Wildman–Crippen MR) is 66.4 cm³/mol. The number of nitrogens with zero attached hydrogens (tertiary/aromatic N) is 1. The van der Waals surface area contributed by atoms with Crippen molar-refractivity contribution in [1.82, 2.24) is 4.90 Å². The zero-order valence-corrected chi connectivity index (χ0v) is 10.7. The molecule has 4 N–H and O–H groups in total. The highest BCUT2D eigenvalue weighted by Crippen LogP contribution is 2.21. The van der Waals surface area contributed by atoms with Gasteiger partial charge in [0.15, 0.2) is 0 Å². The number of carbonyl (C=O) groups excluding carboxylic acids is 1. The molecule has 7 heteroatoms. The highest BCUT2D eigenvalue weighted by atomic mass is 16.4. The molecule has 0 aromatic carbocycles. The summed E-state index contributed by atoms with van der Waals surface area (Å²) in [5, 5.41) is 17.2. The van der Waals surface area contributed by atoms with E-state index in [1.807, 2.05) is 0 Å². The van der Waals surface area contributed by atoms with Crippen molar-refractivity contribution < 1.29 is 24.6 Å². The van der Waals surface area contributed by atoms with Crippen molar-refractivity contribution in [3.63, 3.8) is 0 Å². The van der Waals surface area contributed by atoms with Gasteiger partial charge in [-0.05, 0) is 25.2 Å². The summed E-state index contributed by atoms with van der Waals surface area (Å²) in [4.78, 5) is 34.5. The minimum atomic E-state index is -0.969. The van der Waals surface area contributed by atoms with Gasteiger partial charge in [-0.25, -0.2) is 0 Å². The van der Waals surface area contributed by atoms with Crippen LogP contribution in [0.25, 0.3) is 0 Å². The molecule has 1 rings (SSSR count). The van der Waals surface area contributed by atoms with Gasteiger partial charge in [-0.1, -0.05) is 0 Å². The van der Waals surface area contributed by atoms with Gasteiger partial charge in [0.05, 0.1) is 6.04 Å². The molecule has 0 aromatic heterocycles. The van der Waals surface area contributed by atoms with E-state index in [4.69, 9.17) is 15.9 Å².